The van der Waals surface area contributed by atoms with Gasteiger partial charge < -0.3 is 10.1 Å². The van der Waals surface area contributed by atoms with Crippen LogP contribution in [0.25, 0.3) is 0 Å². The Morgan fingerprint density at radius 3 is 2.88 bits per heavy atom. The van der Waals surface area contributed by atoms with Crippen molar-refractivity contribution in [3.05, 3.63) is 32.9 Å². The number of aromatic nitrogens is 2. The molecule has 6 nitrogen and oxygen atoms in total. The van der Waals surface area contributed by atoms with Crippen molar-refractivity contribution in [2.45, 2.75) is 24.6 Å². The first-order valence-corrected chi connectivity index (χ1v) is 9.86. The first-order chi connectivity index (χ1) is 11.9. The molecule has 0 bridgehead atoms. The van der Waals surface area contributed by atoms with E-state index in [0.717, 1.165) is 0 Å². The second-order valence-corrected chi connectivity index (χ2v) is 7.68. The number of carbonyl (C=O) groups is 2. The Labute approximate surface area is 163 Å². The standard InChI is InChI=1S/C15H15Cl2N3O3S2/c1-3-23-12(22)4-9-6-24-15(19-9)25-7-11(21)20-14-13(17)8(2)10(16)5-18-14/h5-6H,3-4,7H2,1-2H3,(H,18,20,21). The molecule has 25 heavy (non-hydrogen) atoms. The lowest BCUT2D eigenvalue weighted by atomic mass is 10.3. The lowest BCUT2D eigenvalue weighted by molar-refractivity contribution is -0.142. The second kappa shape index (κ2) is 9.38. The van der Waals surface area contributed by atoms with E-state index in [1.165, 1.54) is 29.3 Å². The number of pyridine rings is 1. The van der Waals surface area contributed by atoms with E-state index >= 15 is 0 Å². The van der Waals surface area contributed by atoms with Gasteiger partial charge in [-0.25, -0.2) is 9.97 Å². The third-order valence-corrected chi connectivity index (χ3v) is 5.86. The molecule has 0 atom stereocenters. The van der Waals surface area contributed by atoms with Gasteiger partial charge in [-0.1, -0.05) is 35.0 Å². The molecule has 0 unspecified atom stereocenters. The van der Waals surface area contributed by atoms with E-state index in [1.54, 1.807) is 19.2 Å². The molecule has 1 N–H and O–H groups in total. The summed E-state index contributed by atoms with van der Waals surface area (Å²) in [5, 5.41) is 5.18. The molecule has 0 radical (unpaired) electrons. The highest BCUT2D eigenvalue weighted by Crippen LogP contribution is 2.29. The number of anilines is 1. The van der Waals surface area contributed by atoms with Crippen LogP contribution in [0.2, 0.25) is 10.0 Å². The number of hydrogen-bond donors (Lipinski definition) is 1. The van der Waals surface area contributed by atoms with Crippen LogP contribution >= 0.6 is 46.3 Å². The van der Waals surface area contributed by atoms with Crippen LogP contribution in [-0.4, -0.2) is 34.2 Å². The average molecular weight is 420 g/mol. The van der Waals surface area contributed by atoms with Gasteiger partial charge in [0, 0.05) is 11.6 Å². The highest BCUT2D eigenvalue weighted by molar-refractivity contribution is 8.01. The van der Waals surface area contributed by atoms with Gasteiger partial charge in [0.1, 0.15) is 0 Å². The zero-order valence-electron chi connectivity index (χ0n) is 13.5. The highest BCUT2D eigenvalue weighted by Gasteiger charge is 2.13. The molecule has 0 spiro atoms. The molecular formula is C15H15Cl2N3O3S2. The third-order valence-electron chi connectivity index (χ3n) is 2.95. The minimum Gasteiger partial charge on any atom is -0.466 e. The smallest absolute Gasteiger partial charge is 0.311 e. The molecule has 2 aromatic rings. The summed E-state index contributed by atoms with van der Waals surface area (Å²) in [6.07, 6.45) is 1.56. The topological polar surface area (TPSA) is 81.2 Å². The van der Waals surface area contributed by atoms with Crippen LogP contribution in [-0.2, 0) is 20.7 Å². The number of thioether (sulfide) groups is 1. The number of rotatable bonds is 7. The molecule has 10 heteroatoms. The number of nitrogens with zero attached hydrogens (tertiary/aromatic N) is 2. The summed E-state index contributed by atoms with van der Waals surface area (Å²) < 4.78 is 5.57. The number of thiazole rings is 1. The maximum atomic E-state index is 12.0. The molecule has 0 saturated heterocycles. The quantitative estimate of drug-likeness (QED) is 0.539. The summed E-state index contributed by atoms with van der Waals surface area (Å²) in [5.74, 6) is -0.160. The summed E-state index contributed by atoms with van der Waals surface area (Å²) in [7, 11) is 0. The van der Waals surface area contributed by atoms with E-state index in [9.17, 15) is 9.59 Å². The minimum absolute atomic E-state index is 0.126. The van der Waals surface area contributed by atoms with Crippen LogP contribution < -0.4 is 5.32 Å². The zero-order valence-corrected chi connectivity index (χ0v) is 16.6. The number of carbonyl (C=O) groups excluding carboxylic acids is 2. The Hall–Kier alpha value is -1.35. The number of nitrogens with one attached hydrogen (secondary N) is 1. The van der Waals surface area contributed by atoms with E-state index in [-0.39, 0.29) is 29.9 Å². The van der Waals surface area contributed by atoms with Crippen molar-refractivity contribution in [1.82, 2.24) is 9.97 Å². The fourth-order valence-corrected chi connectivity index (χ4v) is 3.77. The number of amides is 1. The fourth-order valence-electron chi connectivity index (χ4n) is 1.74. The SMILES string of the molecule is CCOC(=O)Cc1csc(SCC(=O)Nc2ncc(Cl)c(C)c2Cl)n1. The summed E-state index contributed by atoms with van der Waals surface area (Å²) >= 11 is 14.7. The van der Waals surface area contributed by atoms with Crippen molar-refractivity contribution in [3.8, 4) is 0 Å². The van der Waals surface area contributed by atoms with Crippen molar-refractivity contribution in [1.29, 1.82) is 0 Å². The summed E-state index contributed by atoms with van der Waals surface area (Å²) in [4.78, 5) is 31.8. The van der Waals surface area contributed by atoms with Crippen LogP contribution in [0.15, 0.2) is 15.9 Å². The molecule has 0 aromatic carbocycles. The van der Waals surface area contributed by atoms with Crippen LogP contribution in [0.4, 0.5) is 5.82 Å². The summed E-state index contributed by atoms with van der Waals surface area (Å²) in [5.41, 5.74) is 1.29. The highest BCUT2D eigenvalue weighted by atomic mass is 35.5. The molecule has 0 saturated carbocycles. The first-order valence-electron chi connectivity index (χ1n) is 7.24. The van der Waals surface area contributed by atoms with Gasteiger partial charge in [0.15, 0.2) is 10.2 Å². The monoisotopic (exact) mass is 419 g/mol. The van der Waals surface area contributed by atoms with E-state index in [0.29, 0.717) is 32.2 Å². The molecular weight excluding hydrogens is 405 g/mol. The van der Waals surface area contributed by atoms with Crippen molar-refractivity contribution >= 4 is 64.0 Å². The maximum absolute atomic E-state index is 12.0. The third kappa shape index (κ3) is 5.85. The van der Waals surface area contributed by atoms with Gasteiger partial charge in [-0.3, -0.25) is 9.59 Å². The van der Waals surface area contributed by atoms with Crippen molar-refractivity contribution in [2.75, 3.05) is 17.7 Å². The zero-order chi connectivity index (χ0) is 18.4. The van der Waals surface area contributed by atoms with E-state index in [2.05, 4.69) is 15.3 Å². The van der Waals surface area contributed by atoms with Gasteiger partial charge in [-0.05, 0) is 19.4 Å². The van der Waals surface area contributed by atoms with E-state index < -0.39 is 0 Å². The predicted molar refractivity (Wildman–Crippen MR) is 101 cm³/mol. The molecule has 0 aliphatic heterocycles. The van der Waals surface area contributed by atoms with Crippen molar-refractivity contribution in [2.24, 2.45) is 0 Å². The first kappa shape index (κ1) is 20.0. The molecule has 2 rings (SSSR count). The lowest BCUT2D eigenvalue weighted by Crippen LogP contribution is -2.15. The minimum atomic E-state index is -0.319. The van der Waals surface area contributed by atoms with Crippen LogP contribution in [0.3, 0.4) is 0 Å². The number of halogens is 2. The Kier molecular flexibility index (Phi) is 7.49. The Balaban J connectivity index is 1.87. The number of ether oxygens (including phenoxy) is 1. The van der Waals surface area contributed by atoms with Gasteiger partial charge in [0.05, 0.1) is 34.5 Å². The molecule has 134 valence electrons. The second-order valence-electron chi connectivity index (χ2n) is 4.82. The van der Waals surface area contributed by atoms with Gasteiger partial charge in [0.2, 0.25) is 5.91 Å². The van der Waals surface area contributed by atoms with Crippen molar-refractivity contribution in [3.63, 3.8) is 0 Å². The Morgan fingerprint density at radius 2 is 2.16 bits per heavy atom. The van der Waals surface area contributed by atoms with Gasteiger partial charge in [0.25, 0.3) is 0 Å². The van der Waals surface area contributed by atoms with Crippen LogP contribution in [0.1, 0.15) is 18.2 Å². The normalized spacial score (nSPS) is 10.6. The van der Waals surface area contributed by atoms with Gasteiger partial charge >= 0.3 is 5.97 Å². The lowest BCUT2D eigenvalue weighted by Gasteiger charge is -2.08. The molecule has 0 fully saturated rings. The number of esters is 1. The molecule has 0 aliphatic carbocycles. The van der Waals surface area contributed by atoms with E-state index in [1.807, 2.05) is 0 Å². The maximum Gasteiger partial charge on any atom is 0.311 e. The Bertz CT molecular complexity index is 783. The largest absolute Gasteiger partial charge is 0.466 e. The fraction of sp³-hybridized carbons (Fsp3) is 0.333. The predicted octanol–water partition coefficient (Wildman–Crippen LogP) is 3.99. The van der Waals surface area contributed by atoms with E-state index in [4.69, 9.17) is 27.9 Å². The van der Waals surface area contributed by atoms with Gasteiger partial charge in [-0.2, -0.15) is 0 Å². The summed E-state index contributed by atoms with van der Waals surface area (Å²) in [6, 6.07) is 0. The van der Waals surface area contributed by atoms with Crippen LogP contribution in [0, 0.1) is 6.92 Å². The van der Waals surface area contributed by atoms with Crippen LogP contribution in [0.5, 0.6) is 0 Å². The average Bonchev–Trinajstić information content (AvgIpc) is 3.01. The van der Waals surface area contributed by atoms with Gasteiger partial charge in [-0.15, -0.1) is 11.3 Å². The molecule has 2 heterocycles. The summed E-state index contributed by atoms with van der Waals surface area (Å²) in [6.45, 7) is 3.84. The number of hydrogen-bond acceptors (Lipinski definition) is 7. The Morgan fingerprint density at radius 1 is 1.40 bits per heavy atom. The van der Waals surface area contributed by atoms with Crippen molar-refractivity contribution < 1.29 is 14.3 Å². The molecule has 1 amide bonds. The molecule has 2 aromatic heterocycles. The molecule has 0 aliphatic rings.